The molecule has 1 aromatic carbocycles. The standard InChI is InChI=1S/C18H26N2/c19-14-11-15-9-10-16(12-14)20(15)18-8-4-2-6-13-5-1-3-7-17(13)18/h1,3,5,7,14-16,18H,2,4,6,8-12,19H2. The summed E-state index contributed by atoms with van der Waals surface area (Å²) < 4.78 is 0. The topological polar surface area (TPSA) is 29.3 Å². The minimum atomic E-state index is 0.449. The van der Waals surface area contributed by atoms with Crippen molar-refractivity contribution in [3.05, 3.63) is 35.4 Å². The van der Waals surface area contributed by atoms with Crippen LogP contribution in [-0.4, -0.2) is 23.0 Å². The highest BCUT2D eigenvalue weighted by Gasteiger charge is 2.43. The smallest absolute Gasteiger partial charge is 0.0356 e. The van der Waals surface area contributed by atoms with Gasteiger partial charge in [0.05, 0.1) is 0 Å². The Morgan fingerprint density at radius 1 is 0.950 bits per heavy atom. The summed E-state index contributed by atoms with van der Waals surface area (Å²) in [5.74, 6) is 0. The van der Waals surface area contributed by atoms with Gasteiger partial charge in [-0.1, -0.05) is 30.7 Å². The second kappa shape index (κ2) is 5.16. The van der Waals surface area contributed by atoms with Crippen molar-refractivity contribution in [2.45, 2.75) is 75.5 Å². The number of hydrogen-bond acceptors (Lipinski definition) is 2. The minimum absolute atomic E-state index is 0.449. The summed E-state index contributed by atoms with van der Waals surface area (Å²) in [6.07, 6.45) is 10.5. The maximum absolute atomic E-state index is 6.25. The highest BCUT2D eigenvalue weighted by atomic mass is 15.3. The van der Waals surface area contributed by atoms with E-state index in [1.165, 1.54) is 51.4 Å². The zero-order valence-electron chi connectivity index (χ0n) is 12.3. The van der Waals surface area contributed by atoms with E-state index in [1.807, 2.05) is 0 Å². The van der Waals surface area contributed by atoms with E-state index < -0.39 is 0 Å². The van der Waals surface area contributed by atoms with Gasteiger partial charge in [0.15, 0.2) is 0 Å². The second-order valence-electron chi connectivity index (χ2n) is 7.02. The van der Waals surface area contributed by atoms with E-state index in [1.54, 1.807) is 11.1 Å². The fourth-order valence-corrected chi connectivity index (χ4v) is 4.97. The Kier molecular flexibility index (Phi) is 3.31. The maximum atomic E-state index is 6.25. The molecule has 2 heterocycles. The molecule has 3 atom stereocenters. The summed E-state index contributed by atoms with van der Waals surface area (Å²) in [5, 5.41) is 0. The van der Waals surface area contributed by atoms with Crippen molar-refractivity contribution in [1.82, 2.24) is 4.90 Å². The van der Waals surface area contributed by atoms with E-state index in [-0.39, 0.29) is 0 Å². The number of hydrogen-bond donors (Lipinski definition) is 1. The maximum Gasteiger partial charge on any atom is 0.0356 e. The number of nitrogens with zero attached hydrogens (tertiary/aromatic N) is 1. The lowest BCUT2D eigenvalue weighted by Crippen LogP contribution is -2.48. The Hall–Kier alpha value is -0.860. The summed E-state index contributed by atoms with van der Waals surface area (Å²) in [6, 6.07) is 11.8. The van der Waals surface area contributed by atoms with Crippen LogP contribution >= 0.6 is 0 Å². The van der Waals surface area contributed by atoms with Gasteiger partial charge >= 0.3 is 0 Å². The Bertz CT molecular complexity index is 470. The first-order chi connectivity index (χ1) is 9.83. The van der Waals surface area contributed by atoms with Crippen molar-refractivity contribution >= 4 is 0 Å². The Morgan fingerprint density at radius 2 is 1.70 bits per heavy atom. The van der Waals surface area contributed by atoms with Crippen LogP contribution in [0.15, 0.2) is 24.3 Å². The number of fused-ring (bicyclic) bond motifs is 3. The van der Waals surface area contributed by atoms with Crippen LogP contribution in [0.25, 0.3) is 0 Å². The van der Waals surface area contributed by atoms with Crippen LogP contribution in [0.4, 0.5) is 0 Å². The number of aryl methyl sites for hydroxylation is 1. The predicted octanol–water partition coefficient (Wildman–Crippen LogP) is 3.41. The fourth-order valence-electron chi connectivity index (χ4n) is 4.97. The third kappa shape index (κ3) is 2.10. The average molecular weight is 270 g/mol. The first-order valence-electron chi connectivity index (χ1n) is 8.44. The van der Waals surface area contributed by atoms with Crippen LogP contribution in [0.2, 0.25) is 0 Å². The van der Waals surface area contributed by atoms with Gasteiger partial charge in [0, 0.05) is 24.2 Å². The number of rotatable bonds is 1. The number of benzene rings is 1. The molecule has 2 fully saturated rings. The molecule has 1 aliphatic carbocycles. The van der Waals surface area contributed by atoms with E-state index in [9.17, 15) is 0 Å². The molecule has 20 heavy (non-hydrogen) atoms. The molecule has 4 rings (SSSR count). The molecular weight excluding hydrogens is 244 g/mol. The van der Waals surface area contributed by atoms with Gasteiger partial charge in [-0.15, -0.1) is 0 Å². The first kappa shape index (κ1) is 12.8. The highest BCUT2D eigenvalue weighted by Crippen LogP contribution is 2.44. The zero-order chi connectivity index (χ0) is 13.5. The van der Waals surface area contributed by atoms with Gasteiger partial charge in [0.25, 0.3) is 0 Å². The first-order valence-corrected chi connectivity index (χ1v) is 8.44. The van der Waals surface area contributed by atoms with Crippen molar-refractivity contribution in [1.29, 1.82) is 0 Å². The van der Waals surface area contributed by atoms with E-state index in [0.717, 1.165) is 12.1 Å². The molecule has 0 saturated carbocycles. The molecule has 0 radical (unpaired) electrons. The molecule has 2 N–H and O–H groups in total. The van der Waals surface area contributed by atoms with E-state index >= 15 is 0 Å². The average Bonchev–Trinajstić information content (AvgIpc) is 2.65. The Balaban J connectivity index is 1.68. The Labute approximate surface area is 122 Å². The largest absolute Gasteiger partial charge is 0.328 e. The molecule has 3 unspecified atom stereocenters. The van der Waals surface area contributed by atoms with Gasteiger partial charge in [-0.3, -0.25) is 4.90 Å². The molecule has 108 valence electrons. The molecule has 3 aliphatic rings. The molecule has 2 bridgehead atoms. The summed E-state index contributed by atoms with van der Waals surface area (Å²) in [5.41, 5.74) is 9.47. The lowest BCUT2D eigenvalue weighted by Gasteiger charge is -2.43. The summed E-state index contributed by atoms with van der Waals surface area (Å²) in [4.78, 5) is 2.87. The molecular formula is C18H26N2. The van der Waals surface area contributed by atoms with Crippen molar-refractivity contribution in [3.63, 3.8) is 0 Å². The second-order valence-corrected chi connectivity index (χ2v) is 7.02. The molecule has 0 spiro atoms. The van der Waals surface area contributed by atoms with Crippen LogP contribution < -0.4 is 5.73 Å². The van der Waals surface area contributed by atoms with Crippen LogP contribution in [0, 0.1) is 0 Å². The molecule has 0 aromatic heterocycles. The minimum Gasteiger partial charge on any atom is -0.328 e. The van der Waals surface area contributed by atoms with E-state index in [4.69, 9.17) is 5.73 Å². The van der Waals surface area contributed by atoms with Gasteiger partial charge in [0.2, 0.25) is 0 Å². The number of nitrogens with two attached hydrogens (primary N) is 1. The van der Waals surface area contributed by atoms with Crippen molar-refractivity contribution in [3.8, 4) is 0 Å². The molecule has 0 amide bonds. The summed E-state index contributed by atoms with van der Waals surface area (Å²) in [7, 11) is 0. The van der Waals surface area contributed by atoms with Gasteiger partial charge < -0.3 is 5.73 Å². The molecule has 2 saturated heterocycles. The van der Waals surface area contributed by atoms with Crippen LogP contribution in [0.5, 0.6) is 0 Å². The SMILES string of the molecule is NC1CC2CCC(C1)N2C1CCCCc2ccccc21. The monoisotopic (exact) mass is 270 g/mol. The van der Waals surface area contributed by atoms with Crippen molar-refractivity contribution < 1.29 is 0 Å². The predicted molar refractivity (Wildman–Crippen MR) is 82.6 cm³/mol. The third-order valence-electron chi connectivity index (χ3n) is 5.77. The lowest BCUT2D eigenvalue weighted by molar-refractivity contribution is 0.0719. The Morgan fingerprint density at radius 3 is 2.50 bits per heavy atom. The van der Waals surface area contributed by atoms with Crippen LogP contribution in [0.1, 0.15) is 62.1 Å². The van der Waals surface area contributed by atoms with Crippen molar-refractivity contribution in [2.24, 2.45) is 5.73 Å². The van der Waals surface area contributed by atoms with Gasteiger partial charge in [0.1, 0.15) is 0 Å². The van der Waals surface area contributed by atoms with Gasteiger partial charge in [-0.25, -0.2) is 0 Å². The molecule has 2 aliphatic heterocycles. The molecule has 2 nitrogen and oxygen atoms in total. The van der Waals surface area contributed by atoms with Gasteiger partial charge in [-0.05, 0) is 56.1 Å². The summed E-state index contributed by atoms with van der Waals surface area (Å²) >= 11 is 0. The highest BCUT2D eigenvalue weighted by molar-refractivity contribution is 5.32. The number of piperidine rings is 1. The van der Waals surface area contributed by atoms with Crippen LogP contribution in [-0.2, 0) is 6.42 Å². The quantitative estimate of drug-likeness (QED) is 0.792. The molecule has 2 heteroatoms. The van der Waals surface area contributed by atoms with E-state index in [0.29, 0.717) is 12.1 Å². The zero-order valence-corrected chi connectivity index (χ0v) is 12.3. The normalized spacial score (nSPS) is 37.5. The van der Waals surface area contributed by atoms with Crippen molar-refractivity contribution in [2.75, 3.05) is 0 Å². The lowest BCUT2D eigenvalue weighted by atomic mass is 9.91. The molecule has 1 aromatic rings. The van der Waals surface area contributed by atoms with Gasteiger partial charge in [-0.2, -0.15) is 0 Å². The summed E-state index contributed by atoms with van der Waals surface area (Å²) in [6.45, 7) is 0. The fraction of sp³-hybridized carbons (Fsp3) is 0.667. The third-order valence-corrected chi connectivity index (χ3v) is 5.77. The van der Waals surface area contributed by atoms with E-state index in [2.05, 4.69) is 29.2 Å². The van der Waals surface area contributed by atoms with Crippen LogP contribution in [0.3, 0.4) is 0 Å².